The fraction of sp³-hybridized carbons (Fsp3) is 0.615. The molecule has 17 heavy (non-hydrogen) atoms. The molecule has 0 radical (unpaired) electrons. The van der Waals surface area contributed by atoms with Gasteiger partial charge < -0.3 is 15.1 Å². The summed E-state index contributed by atoms with van der Waals surface area (Å²) in [6.07, 6.45) is 6.08. The lowest BCUT2D eigenvalue weighted by Crippen LogP contribution is -2.52. The van der Waals surface area contributed by atoms with Crippen LogP contribution in [-0.2, 0) is 0 Å². The third-order valence-electron chi connectivity index (χ3n) is 4.06. The molecule has 1 saturated heterocycles. The van der Waals surface area contributed by atoms with E-state index >= 15 is 0 Å². The van der Waals surface area contributed by atoms with Crippen molar-refractivity contribution in [3.63, 3.8) is 0 Å². The molecule has 2 fully saturated rings. The SMILES string of the molecule is Cc1coc(C(=O)NC23CCCC2NCC3)c1. The van der Waals surface area contributed by atoms with E-state index in [-0.39, 0.29) is 11.4 Å². The van der Waals surface area contributed by atoms with Crippen LogP contribution in [0.15, 0.2) is 16.7 Å². The largest absolute Gasteiger partial charge is 0.459 e. The predicted octanol–water partition coefficient (Wildman–Crippen LogP) is 1.60. The topological polar surface area (TPSA) is 54.3 Å². The molecule has 4 nitrogen and oxygen atoms in total. The smallest absolute Gasteiger partial charge is 0.287 e. The molecule has 2 unspecified atom stereocenters. The van der Waals surface area contributed by atoms with Crippen molar-refractivity contribution in [2.45, 2.75) is 44.2 Å². The Balaban J connectivity index is 1.76. The first-order valence-corrected chi connectivity index (χ1v) is 6.31. The Kier molecular flexibility index (Phi) is 2.47. The standard InChI is InChI=1S/C13H18N2O2/c1-9-7-10(17-8-9)12(16)15-13-4-2-3-11(13)14-6-5-13/h7-8,11,14H,2-6H2,1H3,(H,15,16). The molecule has 2 N–H and O–H groups in total. The fourth-order valence-electron chi connectivity index (χ4n) is 3.19. The molecule has 2 atom stereocenters. The molecular weight excluding hydrogens is 216 g/mol. The van der Waals surface area contributed by atoms with Crippen LogP contribution in [0.5, 0.6) is 0 Å². The molecule has 1 amide bonds. The average molecular weight is 234 g/mol. The fourth-order valence-corrected chi connectivity index (χ4v) is 3.19. The maximum Gasteiger partial charge on any atom is 0.287 e. The highest BCUT2D eigenvalue weighted by atomic mass is 16.3. The minimum absolute atomic E-state index is 0.0300. The molecule has 1 saturated carbocycles. The van der Waals surface area contributed by atoms with Crippen LogP contribution in [0.3, 0.4) is 0 Å². The Morgan fingerprint density at radius 2 is 2.47 bits per heavy atom. The molecule has 1 aliphatic carbocycles. The summed E-state index contributed by atoms with van der Waals surface area (Å²) < 4.78 is 5.25. The number of aryl methyl sites for hydroxylation is 1. The van der Waals surface area contributed by atoms with Gasteiger partial charge in [0.25, 0.3) is 5.91 Å². The van der Waals surface area contributed by atoms with E-state index in [2.05, 4.69) is 10.6 Å². The van der Waals surface area contributed by atoms with Crippen LogP contribution >= 0.6 is 0 Å². The lowest BCUT2D eigenvalue weighted by atomic mass is 9.93. The van der Waals surface area contributed by atoms with Gasteiger partial charge in [-0.15, -0.1) is 0 Å². The van der Waals surface area contributed by atoms with E-state index in [9.17, 15) is 4.79 Å². The minimum atomic E-state index is -0.0753. The van der Waals surface area contributed by atoms with Crippen LogP contribution in [0.2, 0.25) is 0 Å². The van der Waals surface area contributed by atoms with Crippen molar-refractivity contribution >= 4 is 5.91 Å². The van der Waals surface area contributed by atoms with Crippen molar-refractivity contribution in [3.8, 4) is 0 Å². The van der Waals surface area contributed by atoms with Crippen LogP contribution < -0.4 is 10.6 Å². The van der Waals surface area contributed by atoms with Gasteiger partial charge in [0.2, 0.25) is 0 Å². The highest BCUT2D eigenvalue weighted by molar-refractivity contribution is 5.92. The second-order valence-corrected chi connectivity index (χ2v) is 5.25. The van der Waals surface area contributed by atoms with Gasteiger partial charge in [0, 0.05) is 6.04 Å². The van der Waals surface area contributed by atoms with Crippen molar-refractivity contribution in [2.24, 2.45) is 0 Å². The van der Waals surface area contributed by atoms with Gasteiger partial charge in [0.15, 0.2) is 5.76 Å². The van der Waals surface area contributed by atoms with E-state index in [0.29, 0.717) is 11.8 Å². The maximum atomic E-state index is 12.1. The summed E-state index contributed by atoms with van der Waals surface area (Å²) in [4.78, 5) is 12.1. The first-order valence-electron chi connectivity index (χ1n) is 6.31. The highest BCUT2D eigenvalue weighted by Gasteiger charge is 2.47. The Morgan fingerprint density at radius 3 is 3.24 bits per heavy atom. The van der Waals surface area contributed by atoms with Crippen LogP contribution in [0.4, 0.5) is 0 Å². The number of hydrogen-bond acceptors (Lipinski definition) is 3. The molecule has 0 bridgehead atoms. The van der Waals surface area contributed by atoms with E-state index in [1.165, 1.54) is 6.42 Å². The van der Waals surface area contributed by atoms with E-state index in [1.54, 1.807) is 12.3 Å². The second kappa shape index (κ2) is 3.88. The van der Waals surface area contributed by atoms with E-state index in [4.69, 9.17) is 4.42 Å². The van der Waals surface area contributed by atoms with Crippen LogP contribution in [0.25, 0.3) is 0 Å². The molecule has 2 heterocycles. The van der Waals surface area contributed by atoms with Gasteiger partial charge >= 0.3 is 0 Å². The molecule has 1 aromatic heterocycles. The van der Waals surface area contributed by atoms with E-state index in [1.807, 2.05) is 6.92 Å². The summed E-state index contributed by atoms with van der Waals surface area (Å²) in [6, 6.07) is 2.24. The summed E-state index contributed by atoms with van der Waals surface area (Å²) >= 11 is 0. The summed E-state index contributed by atoms with van der Waals surface area (Å²) in [5.74, 6) is 0.350. The van der Waals surface area contributed by atoms with Crippen LogP contribution in [0.1, 0.15) is 41.8 Å². The third kappa shape index (κ3) is 1.76. The van der Waals surface area contributed by atoms with Crippen molar-refractivity contribution in [2.75, 3.05) is 6.54 Å². The molecule has 4 heteroatoms. The van der Waals surface area contributed by atoms with Crippen molar-refractivity contribution < 1.29 is 9.21 Å². The quantitative estimate of drug-likeness (QED) is 0.817. The number of carbonyl (C=O) groups is 1. The predicted molar refractivity (Wildman–Crippen MR) is 63.9 cm³/mol. The van der Waals surface area contributed by atoms with Crippen LogP contribution in [-0.4, -0.2) is 24.0 Å². The third-order valence-corrected chi connectivity index (χ3v) is 4.06. The average Bonchev–Trinajstić information content (AvgIpc) is 2.92. The normalized spacial score (nSPS) is 31.5. The van der Waals surface area contributed by atoms with Gasteiger partial charge in [0.05, 0.1) is 11.8 Å². The summed E-state index contributed by atoms with van der Waals surface area (Å²) in [6.45, 7) is 2.93. The molecule has 0 spiro atoms. The first kappa shape index (κ1) is 10.8. The number of rotatable bonds is 2. The number of furan rings is 1. The van der Waals surface area contributed by atoms with Gasteiger partial charge in [-0.2, -0.15) is 0 Å². The summed E-state index contributed by atoms with van der Waals surface area (Å²) in [5, 5.41) is 6.66. The summed E-state index contributed by atoms with van der Waals surface area (Å²) in [7, 11) is 0. The number of hydrogen-bond donors (Lipinski definition) is 2. The van der Waals surface area contributed by atoms with Gasteiger partial charge in [-0.1, -0.05) is 0 Å². The Hall–Kier alpha value is -1.29. The zero-order valence-corrected chi connectivity index (χ0v) is 10.1. The number of fused-ring (bicyclic) bond motifs is 1. The zero-order valence-electron chi connectivity index (χ0n) is 10.1. The summed E-state index contributed by atoms with van der Waals surface area (Å²) in [5.41, 5.74) is 0.956. The monoisotopic (exact) mass is 234 g/mol. The van der Waals surface area contributed by atoms with Gasteiger partial charge in [-0.3, -0.25) is 4.79 Å². The van der Waals surface area contributed by atoms with E-state index in [0.717, 1.165) is 31.4 Å². The van der Waals surface area contributed by atoms with Crippen molar-refractivity contribution in [3.05, 3.63) is 23.7 Å². The second-order valence-electron chi connectivity index (χ2n) is 5.25. The van der Waals surface area contributed by atoms with Gasteiger partial charge in [0.1, 0.15) is 0 Å². The molecule has 0 aromatic carbocycles. The lowest BCUT2D eigenvalue weighted by molar-refractivity contribution is 0.0869. The Bertz CT molecular complexity index is 428. The van der Waals surface area contributed by atoms with Crippen LogP contribution in [0, 0.1) is 6.92 Å². The van der Waals surface area contributed by atoms with Crippen molar-refractivity contribution in [1.29, 1.82) is 0 Å². The number of nitrogens with one attached hydrogen (secondary N) is 2. The number of carbonyl (C=O) groups excluding carboxylic acids is 1. The molecule has 2 aliphatic rings. The molecule has 1 aliphatic heterocycles. The molecule has 3 rings (SSSR count). The Labute approximate surface area is 101 Å². The number of amides is 1. The maximum absolute atomic E-state index is 12.1. The molecule has 1 aromatic rings. The Morgan fingerprint density at radius 1 is 1.59 bits per heavy atom. The molecular formula is C13H18N2O2. The minimum Gasteiger partial charge on any atom is -0.459 e. The van der Waals surface area contributed by atoms with Crippen molar-refractivity contribution in [1.82, 2.24) is 10.6 Å². The molecule has 92 valence electrons. The van der Waals surface area contributed by atoms with Gasteiger partial charge in [-0.05, 0) is 50.8 Å². The first-order chi connectivity index (χ1) is 8.20. The lowest BCUT2D eigenvalue weighted by Gasteiger charge is -2.29. The van der Waals surface area contributed by atoms with Gasteiger partial charge in [-0.25, -0.2) is 0 Å². The highest BCUT2D eigenvalue weighted by Crippen LogP contribution is 2.36. The van der Waals surface area contributed by atoms with E-state index < -0.39 is 0 Å². The zero-order chi connectivity index (χ0) is 11.9.